The number of oxime groups is 1. The predicted molar refractivity (Wildman–Crippen MR) is 46.4 cm³/mol. The van der Waals surface area contributed by atoms with Crippen molar-refractivity contribution in [3.05, 3.63) is 19.9 Å². The van der Waals surface area contributed by atoms with Crippen LogP contribution in [0.2, 0.25) is 0 Å². The van der Waals surface area contributed by atoms with Gasteiger partial charge in [-0.2, -0.15) is 0 Å². The summed E-state index contributed by atoms with van der Waals surface area (Å²) in [7, 11) is 0. The molecule has 0 unspecified atom stereocenters. The molecule has 0 aliphatic carbocycles. The molecule has 0 saturated carbocycles. The minimum absolute atomic E-state index is 0.974. The smallest absolute Gasteiger partial charge is 0.0833 e. The summed E-state index contributed by atoms with van der Waals surface area (Å²) < 4.78 is 1.20. The molecule has 0 aliphatic heterocycles. The minimum Gasteiger partial charge on any atom is -0.411 e. The molecule has 0 bridgehead atoms. The Kier molecular flexibility index (Phi) is 2.47. The molecule has 1 N–H and O–H groups in total. The van der Waals surface area contributed by atoms with Crippen molar-refractivity contribution in [1.82, 2.24) is 0 Å². The van der Waals surface area contributed by atoms with Crippen molar-refractivity contribution in [3.63, 3.8) is 0 Å². The molecule has 1 rings (SSSR count). The Morgan fingerprint density at radius 3 is 2.89 bits per heavy atom. The number of rotatable bonds is 1. The van der Waals surface area contributed by atoms with E-state index in [1.54, 1.807) is 11.3 Å². The lowest BCUT2D eigenvalue weighted by Crippen LogP contribution is -1.67. The molecule has 0 saturated heterocycles. The average Bonchev–Trinajstić information content (AvgIpc) is 2.17. The molecule has 0 fully saturated rings. The predicted octanol–water partition coefficient (Wildman–Crippen LogP) is 2.16. The Morgan fingerprint density at radius 2 is 2.44 bits per heavy atom. The van der Waals surface area contributed by atoms with Gasteiger partial charge in [0.25, 0.3) is 0 Å². The first-order valence-electron chi connectivity index (χ1n) is 2.25. The van der Waals surface area contributed by atoms with E-state index in [2.05, 4.69) is 27.7 Å². The monoisotopic (exact) mass is 253 g/mol. The van der Waals surface area contributed by atoms with Crippen LogP contribution in [0.4, 0.5) is 0 Å². The Bertz CT molecular complexity index is 220. The van der Waals surface area contributed by atoms with Gasteiger partial charge in [0.2, 0.25) is 0 Å². The summed E-state index contributed by atoms with van der Waals surface area (Å²) in [4.78, 5) is 0.974. The van der Waals surface area contributed by atoms with Gasteiger partial charge in [0, 0.05) is 4.88 Å². The Morgan fingerprint density at radius 1 is 1.67 bits per heavy atom. The van der Waals surface area contributed by atoms with Crippen LogP contribution in [-0.2, 0) is 0 Å². The van der Waals surface area contributed by atoms with Crippen LogP contribution in [0.15, 0.2) is 17.3 Å². The zero-order valence-electron chi connectivity index (χ0n) is 4.41. The fourth-order valence-electron chi connectivity index (χ4n) is 0.455. The molecule has 0 aliphatic rings. The molecule has 0 amide bonds. The van der Waals surface area contributed by atoms with E-state index in [1.165, 1.54) is 9.10 Å². The van der Waals surface area contributed by atoms with Crippen molar-refractivity contribution >= 4 is 40.1 Å². The fraction of sp³-hybridized carbons (Fsp3) is 0. The fourth-order valence-corrected chi connectivity index (χ4v) is 1.99. The van der Waals surface area contributed by atoms with Crippen LogP contribution in [0.25, 0.3) is 0 Å². The SMILES string of the molecule is O/N=C/c1ccc(I)s1. The van der Waals surface area contributed by atoms with E-state index in [1.807, 2.05) is 12.1 Å². The maximum absolute atomic E-state index is 8.10. The number of halogens is 1. The normalized spacial score (nSPS) is 10.8. The van der Waals surface area contributed by atoms with Gasteiger partial charge in [-0.3, -0.25) is 0 Å². The molecule has 1 aromatic heterocycles. The van der Waals surface area contributed by atoms with Crippen LogP contribution in [0.5, 0.6) is 0 Å². The van der Waals surface area contributed by atoms with Crippen molar-refractivity contribution in [1.29, 1.82) is 0 Å². The van der Waals surface area contributed by atoms with Gasteiger partial charge in [-0.05, 0) is 34.7 Å². The van der Waals surface area contributed by atoms with Gasteiger partial charge in [-0.15, -0.1) is 11.3 Å². The summed E-state index contributed by atoms with van der Waals surface area (Å²) in [5.74, 6) is 0. The van der Waals surface area contributed by atoms with Gasteiger partial charge in [-0.25, -0.2) is 0 Å². The van der Waals surface area contributed by atoms with E-state index in [-0.39, 0.29) is 0 Å². The summed E-state index contributed by atoms with van der Waals surface area (Å²) in [5, 5.41) is 11.0. The Balaban J connectivity index is 2.85. The molecule has 1 heterocycles. The van der Waals surface area contributed by atoms with Crippen molar-refractivity contribution < 1.29 is 5.21 Å². The summed E-state index contributed by atoms with van der Waals surface area (Å²) in [5.41, 5.74) is 0. The van der Waals surface area contributed by atoms with E-state index >= 15 is 0 Å². The molecule has 0 atom stereocenters. The van der Waals surface area contributed by atoms with E-state index in [4.69, 9.17) is 5.21 Å². The highest BCUT2D eigenvalue weighted by Crippen LogP contribution is 2.15. The van der Waals surface area contributed by atoms with Gasteiger partial charge in [0.05, 0.1) is 9.10 Å². The highest BCUT2D eigenvalue weighted by Gasteiger charge is 1.91. The van der Waals surface area contributed by atoms with E-state index in [9.17, 15) is 0 Å². The van der Waals surface area contributed by atoms with Crippen LogP contribution in [0, 0.1) is 2.88 Å². The van der Waals surface area contributed by atoms with Crippen molar-refractivity contribution in [2.24, 2.45) is 5.16 Å². The van der Waals surface area contributed by atoms with Gasteiger partial charge < -0.3 is 5.21 Å². The van der Waals surface area contributed by atoms with E-state index < -0.39 is 0 Å². The molecular formula is C5H4INOS. The first kappa shape index (κ1) is 7.01. The second-order valence-electron chi connectivity index (χ2n) is 1.39. The quantitative estimate of drug-likeness (QED) is 0.353. The van der Waals surface area contributed by atoms with Crippen molar-refractivity contribution in [3.8, 4) is 0 Å². The van der Waals surface area contributed by atoms with Crippen LogP contribution < -0.4 is 0 Å². The van der Waals surface area contributed by atoms with Gasteiger partial charge in [0.1, 0.15) is 0 Å². The molecule has 9 heavy (non-hydrogen) atoms. The van der Waals surface area contributed by atoms with Crippen LogP contribution in [-0.4, -0.2) is 11.4 Å². The molecule has 1 aromatic rings. The first-order valence-corrected chi connectivity index (χ1v) is 4.15. The molecule has 2 nitrogen and oxygen atoms in total. The van der Waals surface area contributed by atoms with Gasteiger partial charge >= 0.3 is 0 Å². The highest BCUT2D eigenvalue weighted by molar-refractivity contribution is 14.1. The average molecular weight is 253 g/mol. The molecule has 48 valence electrons. The third-order valence-corrected chi connectivity index (χ3v) is 2.61. The highest BCUT2D eigenvalue weighted by atomic mass is 127. The topological polar surface area (TPSA) is 32.6 Å². The minimum atomic E-state index is 0.974. The number of hydrogen-bond acceptors (Lipinski definition) is 3. The lowest BCUT2D eigenvalue weighted by atomic mass is 10.5. The van der Waals surface area contributed by atoms with Crippen molar-refractivity contribution in [2.45, 2.75) is 0 Å². The number of hydrogen-bond donors (Lipinski definition) is 1. The zero-order chi connectivity index (χ0) is 6.69. The molecular weight excluding hydrogens is 249 g/mol. The number of thiophene rings is 1. The van der Waals surface area contributed by atoms with Gasteiger partial charge in [-0.1, -0.05) is 5.16 Å². The molecule has 0 aromatic carbocycles. The number of nitrogens with zero attached hydrogens (tertiary/aromatic N) is 1. The maximum atomic E-state index is 8.10. The largest absolute Gasteiger partial charge is 0.411 e. The van der Waals surface area contributed by atoms with Crippen LogP contribution in [0.3, 0.4) is 0 Å². The molecule has 4 heteroatoms. The Labute approximate surface area is 70.3 Å². The first-order chi connectivity index (χ1) is 4.33. The van der Waals surface area contributed by atoms with Crippen LogP contribution >= 0.6 is 33.9 Å². The van der Waals surface area contributed by atoms with E-state index in [0.29, 0.717) is 0 Å². The standard InChI is InChI=1S/C5H4INOS/c6-5-2-1-4(9-5)3-7-8/h1-3,8H/b7-3+. The second-order valence-corrected chi connectivity index (χ2v) is 4.40. The van der Waals surface area contributed by atoms with Gasteiger partial charge in [0.15, 0.2) is 0 Å². The maximum Gasteiger partial charge on any atom is 0.0833 e. The second kappa shape index (κ2) is 3.17. The summed E-state index contributed by atoms with van der Waals surface area (Å²) in [6, 6.07) is 3.88. The van der Waals surface area contributed by atoms with Crippen LogP contribution in [0.1, 0.15) is 4.88 Å². The summed E-state index contributed by atoms with van der Waals surface area (Å²) in [6.45, 7) is 0. The zero-order valence-corrected chi connectivity index (χ0v) is 7.39. The molecule has 0 spiro atoms. The van der Waals surface area contributed by atoms with Crippen molar-refractivity contribution in [2.75, 3.05) is 0 Å². The lowest BCUT2D eigenvalue weighted by Gasteiger charge is -1.75. The Hall–Kier alpha value is -0.100. The lowest BCUT2D eigenvalue weighted by molar-refractivity contribution is 0.322. The third-order valence-electron chi connectivity index (χ3n) is 0.779. The third kappa shape index (κ3) is 1.94. The van der Waals surface area contributed by atoms with E-state index in [0.717, 1.165) is 4.88 Å². The summed E-state index contributed by atoms with van der Waals surface area (Å²) in [6.07, 6.45) is 1.42. The molecule has 0 radical (unpaired) electrons. The summed E-state index contributed by atoms with van der Waals surface area (Å²) >= 11 is 3.81.